The third-order valence-electron chi connectivity index (χ3n) is 4.02. The predicted molar refractivity (Wildman–Crippen MR) is 109 cm³/mol. The van der Waals surface area contributed by atoms with Crippen LogP contribution in [0, 0.1) is 6.92 Å². The summed E-state index contributed by atoms with van der Waals surface area (Å²) >= 11 is 6.02. The van der Waals surface area contributed by atoms with Crippen LogP contribution in [0.25, 0.3) is 16.8 Å². The van der Waals surface area contributed by atoms with Crippen LogP contribution in [0.3, 0.4) is 0 Å². The van der Waals surface area contributed by atoms with Crippen LogP contribution in [0.15, 0.2) is 66.7 Å². The van der Waals surface area contributed by atoms with Crippen LogP contribution in [0.5, 0.6) is 0 Å². The Balaban J connectivity index is 1.56. The van der Waals surface area contributed by atoms with Gasteiger partial charge in [0.05, 0.1) is 0 Å². The van der Waals surface area contributed by atoms with E-state index in [1.807, 2.05) is 49.4 Å². The topological polar surface area (TPSA) is 55.4 Å². The molecule has 3 aromatic rings. The van der Waals surface area contributed by atoms with E-state index in [1.165, 1.54) is 6.08 Å². The second-order valence-electron chi connectivity index (χ2n) is 6.02. The molecule has 0 atom stereocenters. The predicted octanol–water partition coefficient (Wildman–Crippen LogP) is 5.00. The molecule has 0 fully saturated rings. The highest BCUT2D eigenvalue weighted by atomic mass is 35.5. The molecule has 3 aromatic carbocycles. The zero-order valence-electron chi connectivity index (χ0n) is 14.7. The minimum absolute atomic E-state index is 0.371. The maximum atomic E-state index is 11.9. The maximum Gasteiger partial charge on any atom is 0.331 e. The summed E-state index contributed by atoms with van der Waals surface area (Å²) in [6.07, 6.45) is 3.00. The molecule has 0 aliphatic rings. The number of esters is 1. The lowest BCUT2D eigenvalue weighted by Gasteiger charge is -2.07. The number of fused-ring (bicyclic) bond motifs is 1. The van der Waals surface area contributed by atoms with Crippen LogP contribution in [-0.4, -0.2) is 18.5 Å². The van der Waals surface area contributed by atoms with E-state index < -0.39 is 11.9 Å². The molecule has 0 saturated heterocycles. The molecule has 27 heavy (non-hydrogen) atoms. The summed E-state index contributed by atoms with van der Waals surface area (Å²) in [6, 6.07) is 18.9. The fourth-order valence-electron chi connectivity index (χ4n) is 2.61. The Bertz CT molecular complexity index is 1020. The van der Waals surface area contributed by atoms with Crippen molar-refractivity contribution in [3.05, 3.63) is 82.9 Å². The highest BCUT2D eigenvalue weighted by Gasteiger charge is 2.07. The quantitative estimate of drug-likeness (QED) is 0.501. The van der Waals surface area contributed by atoms with E-state index in [9.17, 15) is 9.59 Å². The van der Waals surface area contributed by atoms with Gasteiger partial charge in [-0.05, 0) is 47.0 Å². The lowest BCUT2D eigenvalue weighted by Crippen LogP contribution is -2.20. The molecule has 0 bridgehead atoms. The smallest absolute Gasteiger partial charge is 0.331 e. The second-order valence-corrected chi connectivity index (χ2v) is 6.43. The average Bonchev–Trinajstić information content (AvgIpc) is 2.67. The number of anilines is 1. The molecule has 0 spiro atoms. The van der Waals surface area contributed by atoms with Crippen molar-refractivity contribution < 1.29 is 14.3 Å². The summed E-state index contributed by atoms with van der Waals surface area (Å²) in [7, 11) is 0. The molecule has 0 heterocycles. The molecule has 0 aliphatic heterocycles. The van der Waals surface area contributed by atoms with E-state index in [4.69, 9.17) is 16.3 Å². The summed E-state index contributed by atoms with van der Waals surface area (Å²) in [5.41, 5.74) is 2.38. The lowest BCUT2D eigenvalue weighted by atomic mass is 10.0. The Hall–Kier alpha value is -3.11. The molecule has 5 heteroatoms. The number of rotatable bonds is 5. The van der Waals surface area contributed by atoms with Gasteiger partial charge in [-0.1, -0.05) is 60.1 Å². The number of halogens is 1. The molecule has 0 saturated carbocycles. The fraction of sp³-hybridized carbons (Fsp3) is 0.0909. The summed E-state index contributed by atoms with van der Waals surface area (Å²) in [4.78, 5) is 23.8. The SMILES string of the molecule is Cc1ccc(NC(=O)COC(=O)C=Cc2cccc3ccccc23)cc1Cl. The monoisotopic (exact) mass is 379 g/mol. The number of benzene rings is 3. The third kappa shape index (κ3) is 4.96. The van der Waals surface area contributed by atoms with E-state index in [-0.39, 0.29) is 6.61 Å². The average molecular weight is 380 g/mol. The first kappa shape index (κ1) is 18.7. The van der Waals surface area contributed by atoms with Crippen molar-refractivity contribution in [2.45, 2.75) is 6.92 Å². The minimum atomic E-state index is -0.583. The molecule has 0 aromatic heterocycles. The first-order chi connectivity index (χ1) is 13.0. The van der Waals surface area contributed by atoms with Gasteiger partial charge in [-0.3, -0.25) is 4.79 Å². The minimum Gasteiger partial charge on any atom is -0.452 e. The van der Waals surface area contributed by atoms with Crippen LogP contribution < -0.4 is 5.32 Å². The molecule has 0 radical (unpaired) electrons. The Morgan fingerprint density at radius 2 is 1.85 bits per heavy atom. The first-order valence-corrected chi connectivity index (χ1v) is 8.79. The number of hydrogen-bond acceptors (Lipinski definition) is 3. The third-order valence-corrected chi connectivity index (χ3v) is 4.43. The number of amides is 1. The molecule has 1 amide bonds. The van der Waals surface area contributed by atoms with Gasteiger partial charge in [-0.15, -0.1) is 0 Å². The van der Waals surface area contributed by atoms with E-state index in [0.717, 1.165) is 21.9 Å². The summed E-state index contributed by atoms with van der Waals surface area (Å²) in [5.74, 6) is -1.01. The molecule has 3 rings (SSSR count). The van der Waals surface area contributed by atoms with Crippen molar-refractivity contribution in [3.8, 4) is 0 Å². The molecule has 0 aliphatic carbocycles. The Morgan fingerprint density at radius 1 is 1.07 bits per heavy atom. The number of carbonyl (C=O) groups excluding carboxylic acids is 2. The van der Waals surface area contributed by atoms with Gasteiger partial charge in [0.15, 0.2) is 6.61 Å². The van der Waals surface area contributed by atoms with Crippen molar-refractivity contribution in [2.24, 2.45) is 0 Å². The van der Waals surface area contributed by atoms with E-state index >= 15 is 0 Å². The number of ether oxygens (including phenoxy) is 1. The van der Waals surface area contributed by atoms with Gasteiger partial charge in [0.1, 0.15) is 0 Å². The number of aryl methyl sites for hydroxylation is 1. The van der Waals surface area contributed by atoms with Gasteiger partial charge in [0.2, 0.25) is 0 Å². The van der Waals surface area contributed by atoms with Gasteiger partial charge in [0.25, 0.3) is 5.91 Å². The van der Waals surface area contributed by atoms with Crippen LogP contribution in [0.4, 0.5) is 5.69 Å². The van der Waals surface area contributed by atoms with Crippen molar-refractivity contribution >= 4 is 46.0 Å². The Kier molecular flexibility index (Phi) is 5.89. The lowest BCUT2D eigenvalue weighted by molar-refractivity contribution is -0.142. The molecule has 4 nitrogen and oxygen atoms in total. The van der Waals surface area contributed by atoms with Crippen molar-refractivity contribution in [2.75, 3.05) is 11.9 Å². The van der Waals surface area contributed by atoms with Gasteiger partial charge < -0.3 is 10.1 Å². The zero-order chi connectivity index (χ0) is 19.2. The van der Waals surface area contributed by atoms with Crippen LogP contribution in [0.1, 0.15) is 11.1 Å². The summed E-state index contributed by atoms with van der Waals surface area (Å²) in [6.45, 7) is 1.50. The van der Waals surface area contributed by atoms with E-state index in [0.29, 0.717) is 10.7 Å². The maximum absolute atomic E-state index is 11.9. The summed E-state index contributed by atoms with van der Waals surface area (Å²) in [5, 5.41) is 5.32. The number of carbonyl (C=O) groups is 2. The molecule has 136 valence electrons. The molecule has 0 unspecified atom stereocenters. The second kappa shape index (κ2) is 8.52. The van der Waals surface area contributed by atoms with Crippen LogP contribution >= 0.6 is 11.6 Å². The summed E-state index contributed by atoms with van der Waals surface area (Å²) < 4.78 is 4.99. The van der Waals surface area contributed by atoms with Gasteiger partial charge in [-0.2, -0.15) is 0 Å². The Labute approximate surface area is 162 Å². The van der Waals surface area contributed by atoms with Gasteiger partial charge in [-0.25, -0.2) is 4.79 Å². The highest BCUT2D eigenvalue weighted by molar-refractivity contribution is 6.31. The molecular weight excluding hydrogens is 362 g/mol. The molecule has 1 N–H and O–H groups in total. The van der Waals surface area contributed by atoms with Gasteiger partial charge in [0, 0.05) is 16.8 Å². The number of nitrogens with one attached hydrogen (secondary N) is 1. The zero-order valence-corrected chi connectivity index (χ0v) is 15.5. The van der Waals surface area contributed by atoms with Crippen molar-refractivity contribution in [1.82, 2.24) is 0 Å². The van der Waals surface area contributed by atoms with Crippen LogP contribution in [-0.2, 0) is 14.3 Å². The van der Waals surface area contributed by atoms with Crippen molar-refractivity contribution in [3.63, 3.8) is 0 Å². The number of hydrogen-bond donors (Lipinski definition) is 1. The molecular formula is C22H18ClNO3. The van der Waals surface area contributed by atoms with E-state index in [1.54, 1.807) is 24.3 Å². The van der Waals surface area contributed by atoms with E-state index in [2.05, 4.69) is 5.32 Å². The highest BCUT2D eigenvalue weighted by Crippen LogP contribution is 2.20. The van der Waals surface area contributed by atoms with Crippen LogP contribution in [0.2, 0.25) is 5.02 Å². The Morgan fingerprint density at radius 3 is 2.67 bits per heavy atom. The normalized spacial score (nSPS) is 10.9. The largest absolute Gasteiger partial charge is 0.452 e. The first-order valence-electron chi connectivity index (χ1n) is 8.41. The fourth-order valence-corrected chi connectivity index (χ4v) is 2.79. The standard InChI is InChI=1S/C22H18ClNO3/c1-15-9-11-18(13-20(15)23)24-21(25)14-27-22(26)12-10-17-7-4-6-16-5-2-3-8-19(16)17/h2-13H,14H2,1H3,(H,24,25). The van der Waals surface area contributed by atoms with Crippen molar-refractivity contribution in [1.29, 1.82) is 0 Å². The van der Waals surface area contributed by atoms with Gasteiger partial charge >= 0.3 is 5.97 Å².